The molecule has 0 saturated carbocycles. The monoisotopic (exact) mass is 467 g/mol. The van der Waals surface area contributed by atoms with Crippen LogP contribution in [0.3, 0.4) is 0 Å². The minimum atomic E-state index is -2.95. The molecule has 1 atom stereocenters. The second-order valence-corrected chi connectivity index (χ2v) is 11.9. The van der Waals surface area contributed by atoms with Gasteiger partial charge in [-0.1, -0.05) is 32.0 Å². The van der Waals surface area contributed by atoms with Gasteiger partial charge < -0.3 is 16.0 Å². The van der Waals surface area contributed by atoms with Gasteiger partial charge in [0.25, 0.3) is 5.91 Å². The Balaban J connectivity index is 1.71. The molecule has 3 aromatic rings. The Morgan fingerprint density at radius 2 is 1.85 bits per heavy atom. The van der Waals surface area contributed by atoms with Crippen LogP contribution in [0.25, 0.3) is 22.0 Å². The van der Waals surface area contributed by atoms with Gasteiger partial charge in [0.15, 0.2) is 0 Å². The molecule has 1 aliphatic heterocycles. The number of fused-ring (bicyclic) bond motifs is 1. The Kier molecular flexibility index (Phi) is 6.64. The van der Waals surface area contributed by atoms with Crippen molar-refractivity contribution in [2.75, 3.05) is 11.5 Å². The number of hydrogen-bond acceptors (Lipinski definition) is 4. The van der Waals surface area contributed by atoms with Crippen molar-refractivity contribution in [3.8, 4) is 11.1 Å². The van der Waals surface area contributed by atoms with Gasteiger partial charge in [-0.3, -0.25) is 4.79 Å². The maximum absolute atomic E-state index is 12.3. The Morgan fingerprint density at radius 3 is 2.52 bits per heavy atom. The normalized spacial score (nSPS) is 17.5. The van der Waals surface area contributed by atoms with Crippen LogP contribution >= 0.6 is 0 Å². The van der Waals surface area contributed by atoms with E-state index in [-0.39, 0.29) is 17.4 Å². The third-order valence-corrected chi connectivity index (χ3v) is 8.69. The van der Waals surface area contributed by atoms with E-state index in [0.717, 1.165) is 34.1 Å². The van der Waals surface area contributed by atoms with E-state index in [1.165, 1.54) is 5.56 Å². The summed E-state index contributed by atoms with van der Waals surface area (Å²) < 4.78 is 23.8. The zero-order valence-electron chi connectivity index (χ0n) is 19.5. The number of aromatic amines is 1. The molecule has 0 spiro atoms. The average molecular weight is 468 g/mol. The van der Waals surface area contributed by atoms with Gasteiger partial charge in [-0.2, -0.15) is 0 Å². The highest BCUT2D eigenvalue weighted by Gasteiger charge is 2.27. The van der Waals surface area contributed by atoms with Crippen LogP contribution in [-0.2, 0) is 16.4 Å². The SMILES string of the molecule is CC(C)C(C)NCc1cccc(-c2cc(C(N)=O)c3[nH]cc(C4CCS(=O)(=O)CC4)c3c2)c1. The fourth-order valence-corrected chi connectivity index (χ4v) is 6.02. The molecule has 0 bridgehead atoms. The lowest BCUT2D eigenvalue weighted by atomic mass is 9.90. The smallest absolute Gasteiger partial charge is 0.250 e. The van der Waals surface area contributed by atoms with Gasteiger partial charge in [-0.25, -0.2) is 8.42 Å². The summed E-state index contributed by atoms with van der Waals surface area (Å²) in [6.07, 6.45) is 3.11. The molecular weight excluding hydrogens is 434 g/mol. The molecule has 1 saturated heterocycles. The topological polar surface area (TPSA) is 105 Å². The summed E-state index contributed by atoms with van der Waals surface area (Å²) in [4.78, 5) is 15.5. The predicted molar refractivity (Wildman–Crippen MR) is 134 cm³/mol. The maximum atomic E-state index is 12.3. The summed E-state index contributed by atoms with van der Waals surface area (Å²) in [6, 6.07) is 12.7. The summed E-state index contributed by atoms with van der Waals surface area (Å²) >= 11 is 0. The van der Waals surface area contributed by atoms with Gasteiger partial charge in [0, 0.05) is 24.2 Å². The molecule has 1 fully saturated rings. The van der Waals surface area contributed by atoms with Crippen LogP contribution in [-0.4, -0.2) is 36.9 Å². The molecule has 0 aliphatic carbocycles. The van der Waals surface area contributed by atoms with E-state index >= 15 is 0 Å². The van der Waals surface area contributed by atoms with Crippen molar-refractivity contribution in [1.82, 2.24) is 10.3 Å². The van der Waals surface area contributed by atoms with Gasteiger partial charge in [0.2, 0.25) is 0 Å². The first-order valence-electron chi connectivity index (χ1n) is 11.6. The minimum absolute atomic E-state index is 0.145. The third kappa shape index (κ3) is 5.14. The number of rotatable bonds is 7. The predicted octanol–water partition coefficient (Wildman–Crippen LogP) is 4.36. The van der Waals surface area contributed by atoms with Crippen LogP contribution in [0.1, 0.15) is 61.0 Å². The van der Waals surface area contributed by atoms with Crippen LogP contribution in [0, 0.1) is 5.92 Å². The molecule has 4 N–H and O–H groups in total. The molecule has 1 amide bonds. The van der Waals surface area contributed by atoms with Crippen molar-refractivity contribution in [2.45, 2.75) is 52.1 Å². The first-order valence-corrected chi connectivity index (χ1v) is 13.4. The van der Waals surface area contributed by atoms with E-state index < -0.39 is 15.7 Å². The number of sulfone groups is 1. The van der Waals surface area contributed by atoms with E-state index in [1.807, 2.05) is 24.4 Å². The zero-order chi connectivity index (χ0) is 23.8. The van der Waals surface area contributed by atoms with Crippen molar-refractivity contribution in [3.63, 3.8) is 0 Å². The van der Waals surface area contributed by atoms with Crippen molar-refractivity contribution in [1.29, 1.82) is 0 Å². The maximum Gasteiger partial charge on any atom is 0.250 e. The van der Waals surface area contributed by atoms with E-state index in [9.17, 15) is 13.2 Å². The molecule has 4 rings (SSSR count). The number of carbonyl (C=O) groups is 1. The van der Waals surface area contributed by atoms with Crippen molar-refractivity contribution < 1.29 is 13.2 Å². The number of nitrogens with two attached hydrogens (primary N) is 1. The standard InChI is InChI=1S/C26H33N3O3S/c1-16(2)17(3)28-14-18-5-4-6-20(11-18)21-12-22-24(19-7-9-33(31,32)10-8-19)15-29-25(22)23(13-21)26(27)30/h4-6,11-13,15-17,19,28-29H,7-10,14H2,1-3H3,(H2,27,30). The summed E-state index contributed by atoms with van der Waals surface area (Å²) in [5, 5.41) is 4.51. The lowest BCUT2D eigenvalue weighted by molar-refractivity contribution is 0.100. The molecule has 1 aromatic heterocycles. The number of primary amides is 1. The molecule has 2 aromatic carbocycles. The van der Waals surface area contributed by atoms with Gasteiger partial charge >= 0.3 is 0 Å². The Bertz CT molecular complexity index is 1260. The fourth-order valence-electron chi connectivity index (χ4n) is 4.53. The van der Waals surface area contributed by atoms with Crippen molar-refractivity contribution in [2.24, 2.45) is 11.7 Å². The first kappa shape index (κ1) is 23.5. The van der Waals surface area contributed by atoms with Gasteiger partial charge in [-0.15, -0.1) is 0 Å². The number of amides is 1. The Hall–Kier alpha value is -2.64. The number of aromatic nitrogens is 1. The van der Waals surface area contributed by atoms with Gasteiger partial charge in [0.05, 0.1) is 22.6 Å². The number of benzene rings is 2. The summed E-state index contributed by atoms with van der Waals surface area (Å²) in [7, 11) is -2.95. The highest BCUT2D eigenvalue weighted by atomic mass is 32.2. The average Bonchev–Trinajstić information content (AvgIpc) is 3.20. The summed E-state index contributed by atoms with van der Waals surface area (Å²) in [5.74, 6) is 0.625. The highest BCUT2D eigenvalue weighted by Crippen LogP contribution is 2.37. The Morgan fingerprint density at radius 1 is 1.12 bits per heavy atom. The summed E-state index contributed by atoms with van der Waals surface area (Å²) in [5.41, 5.74) is 11.1. The second-order valence-electron chi connectivity index (χ2n) is 9.59. The van der Waals surface area contributed by atoms with Gasteiger partial charge in [0.1, 0.15) is 9.84 Å². The lowest BCUT2D eigenvalue weighted by Crippen LogP contribution is -2.30. The lowest BCUT2D eigenvalue weighted by Gasteiger charge is -2.21. The van der Waals surface area contributed by atoms with Crippen molar-refractivity contribution >= 4 is 26.6 Å². The molecule has 0 radical (unpaired) electrons. The van der Waals surface area contributed by atoms with Crippen molar-refractivity contribution in [3.05, 3.63) is 59.3 Å². The number of hydrogen-bond donors (Lipinski definition) is 3. The minimum Gasteiger partial charge on any atom is -0.366 e. The zero-order valence-corrected chi connectivity index (χ0v) is 20.3. The van der Waals surface area contributed by atoms with Crippen LogP contribution < -0.4 is 11.1 Å². The molecule has 6 nitrogen and oxygen atoms in total. The molecule has 1 unspecified atom stereocenters. The molecular formula is C26H33N3O3S. The second kappa shape index (κ2) is 9.31. The Labute approximate surface area is 195 Å². The van der Waals surface area contributed by atoms with Gasteiger partial charge in [-0.05, 0) is 72.1 Å². The fraction of sp³-hybridized carbons (Fsp3) is 0.423. The molecule has 176 valence electrons. The van der Waals surface area contributed by atoms with E-state index in [2.05, 4.69) is 49.3 Å². The first-order chi connectivity index (χ1) is 15.6. The third-order valence-electron chi connectivity index (χ3n) is 6.97. The molecule has 2 heterocycles. The number of H-pyrrole nitrogens is 1. The van der Waals surface area contributed by atoms with Crippen LogP contribution in [0.4, 0.5) is 0 Å². The molecule has 33 heavy (non-hydrogen) atoms. The highest BCUT2D eigenvalue weighted by molar-refractivity contribution is 7.91. The largest absolute Gasteiger partial charge is 0.366 e. The number of carbonyl (C=O) groups excluding carboxylic acids is 1. The molecule has 7 heteroatoms. The number of nitrogens with one attached hydrogen (secondary N) is 2. The summed E-state index contributed by atoms with van der Waals surface area (Å²) in [6.45, 7) is 7.35. The van der Waals surface area contributed by atoms with Crippen LogP contribution in [0.15, 0.2) is 42.6 Å². The van der Waals surface area contributed by atoms with E-state index in [1.54, 1.807) is 0 Å². The quantitative estimate of drug-likeness (QED) is 0.480. The van der Waals surface area contributed by atoms with Crippen LogP contribution in [0.2, 0.25) is 0 Å². The van der Waals surface area contributed by atoms with Crippen LogP contribution in [0.5, 0.6) is 0 Å². The molecule has 1 aliphatic rings. The van der Waals surface area contributed by atoms with E-state index in [0.29, 0.717) is 30.4 Å². The van der Waals surface area contributed by atoms with E-state index in [4.69, 9.17) is 5.73 Å².